The highest BCUT2D eigenvalue weighted by Gasteiger charge is 2.00. The molecule has 0 bridgehead atoms. The van der Waals surface area contributed by atoms with Gasteiger partial charge in [0.2, 0.25) is 0 Å². The SMILES string of the molecule is CC(=O)OCC(C)CBr. The lowest BCUT2D eigenvalue weighted by molar-refractivity contribution is -0.141. The molecule has 0 spiro atoms. The van der Waals surface area contributed by atoms with Crippen molar-refractivity contribution in [3.05, 3.63) is 0 Å². The van der Waals surface area contributed by atoms with Crippen molar-refractivity contribution in [3.8, 4) is 0 Å². The Labute approximate surface area is 63.7 Å². The summed E-state index contributed by atoms with van der Waals surface area (Å²) >= 11 is 3.27. The summed E-state index contributed by atoms with van der Waals surface area (Å²) in [6.07, 6.45) is 0. The van der Waals surface area contributed by atoms with E-state index in [1.807, 2.05) is 6.92 Å². The maximum absolute atomic E-state index is 10.2. The number of alkyl halides is 1. The summed E-state index contributed by atoms with van der Waals surface area (Å²) in [7, 11) is 0. The molecule has 1 unspecified atom stereocenters. The fourth-order valence-electron chi connectivity index (χ4n) is 0.304. The molecule has 54 valence electrons. The molecule has 0 aliphatic heterocycles. The van der Waals surface area contributed by atoms with Crippen LogP contribution in [0.5, 0.6) is 0 Å². The highest BCUT2D eigenvalue weighted by atomic mass is 79.9. The Morgan fingerprint density at radius 1 is 1.78 bits per heavy atom. The number of halogens is 1. The van der Waals surface area contributed by atoms with Gasteiger partial charge in [0.25, 0.3) is 0 Å². The lowest BCUT2D eigenvalue weighted by Crippen LogP contribution is -2.09. The summed E-state index contributed by atoms with van der Waals surface area (Å²) in [4.78, 5) is 10.2. The van der Waals surface area contributed by atoms with Crippen molar-refractivity contribution in [2.45, 2.75) is 13.8 Å². The van der Waals surface area contributed by atoms with Crippen LogP contribution in [0.25, 0.3) is 0 Å². The van der Waals surface area contributed by atoms with Gasteiger partial charge in [0.05, 0.1) is 6.61 Å². The van der Waals surface area contributed by atoms with Gasteiger partial charge in [-0.25, -0.2) is 0 Å². The number of carbonyl (C=O) groups excluding carboxylic acids is 1. The van der Waals surface area contributed by atoms with Crippen LogP contribution in [-0.4, -0.2) is 17.9 Å². The Bertz CT molecular complexity index is 93.1. The first-order valence-corrected chi connectivity index (χ1v) is 3.98. The van der Waals surface area contributed by atoms with Crippen LogP contribution < -0.4 is 0 Å². The van der Waals surface area contributed by atoms with Gasteiger partial charge in [-0.05, 0) is 5.92 Å². The highest BCUT2D eigenvalue weighted by Crippen LogP contribution is 1.99. The second kappa shape index (κ2) is 4.79. The monoisotopic (exact) mass is 194 g/mol. The molecule has 0 aliphatic rings. The summed E-state index contributed by atoms with van der Waals surface area (Å²) in [5.74, 6) is 0.205. The van der Waals surface area contributed by atoms with Gasteiger partial charge in [-0.2, -0.15) is 0 Å². The zero-order chi connectivity index (χ0) is 7.28. The third-order valence-electron chi connectivity index (χ3n) is 0.835. The predicted octanol–water partition coefficient (Wildman–Crippen LogP) is 1.58. The van der Waals surface area contributed by atoms with E-state index >= 15 is 0 Å². The predicted molar refractivity (Wildman–Crippen MR) is 39.6 cm³/mol. The summed E-state index contributed by atoms with van der Waals surface area (Å²) in [5, 5.41) is 0.875. The van der Waals surface area contributed by atoms with Crippen LogP contribution in [0.2, 0.25) is 0 Å². The van der Waals surface area contributed by atoms with Crippen LogP contribution in [0.3, 0.4) is 0 Å². The van der Waals surface area contributed by atoms with E-state index in [1.54, 1.807) is 0 Å². The van der Waals surface area contributed by atoms with Gasteiger partial charge >= 0.3 is 5.97 Å². The Balaban J connectivity index is 3.16. The van der Waals surface area contributed by atoms with Crippen LogP contribution in [0.4, 0.5) is 0 Å². The molecule has 0 heterocycles. The van der Waals surface area contributed by atoms with E-state index in [1.165, 1.54) is 6.92 Å². The molecule has 0 aromatic rings. The van der Waals surface area contributed by atoms with Gasteiger partial charge in [0.1, 0.15) is 0 Å². The zero-order valence-corrected chi connectivity index (χ0v) is 7.27. The van der Waals surface area contributed by atoms with Crippen LogP contribution in [0, 0.1) is 5.92 Å². The lowest BCUT2D eigenvalue weighted by Gasteiger charge is -2.05. The average molecular weight is 195 g/mol. The first-order valence-electron chi connectivity index (χ1n) is 2.86. The quantitative estimate of drug-likeness (QED) is 0.504. The molecule has 0 rings (SSSR count). The van der Waals surface area contributed by atoms with Crippen molar-refractivity contribution < 1.29 is 9.53 Å². The third-order valence-corrected chi connectivity index (χ3v) is 1.94. The lowest BCUT2D eigenvalue weighted by atomic mass is 10.2. The van der Waals surface area contributed by atoms with Crippen molar-refractivity contribution in [1.82, 2.24) is 0 Å². The van der Waals surface area contributed by atoms with Gasteiger partial charge in [0, 0.05) is 12.3 Å². The second-order valence-electron chi connectivity index (χ2n) is 2.06. The molecule has 0 saturated heterocycles. The molecule has 1 atom stereocenters. The molecule has 0 saturated carbocycles. The van der Waals surface area contributed by atoms with E-state index in [4.69, 9.17) is 4.74 Å². The minimum Gasteiger partial charge on any atom is -0.466 e. The number of rotatable bonds is 3. The average Bonchev–Trinajstić information content (AvgIpc) is 1.83. The number of esters is 1. The van der Waals surface area contributed by atoms with E-state index in [-0.39, 0.29) is 5.97 Å². The first kappa shape index (κ1) is 8.95. The highest BCUT2D eigenvalue weighted by molar-refractivity contribution is 9.09. The molecule has 0 fully saturated rings. The summed E-state index contributed by atoms with van der Waals surface area (Å²) in [5.41, 5.74) is 0. The van der Waals surface area contributed by atoms with Crippen molar-refractivity contribution in [2.24, 2.45) is 5.92 Å². The number of ether oxygens (including phenoxy) is 1. The third kappa shape index (κ3) is 5.83. The molecule has 9 heavy (non-hydrogen) atoms. The molecule has 0 aromatic carbocycles. The van der Waals surface area contributed by atoms with Gasteiger partial charge in [-0.15, -0.1) is 0 Å². The molecular formula is C6H11BrO2. The molecule has 2 nitrogen and oxygen atoms in total. The van der Waals surface area contributed by atoms with Crippen molar-refractivity contribution in [1.29, 1.82) is 0 Å². The standard InChI is InChI=1S/C6H11BrO2/c1-5(3-7)4-9-6(2)8/h5H,3-4H2,1-2H3. The summed E-state index contributed by atoms with van der Waals surface area (Å²) in [6.45, 7) is 3.94. The number of carbonyl (C=O) groups is 1. The van der Waals surface area contributed by atoms with Crippen molar-refractivity contribution in [3.63, 3.8) is 0 Å². The Kier molecular flexibility index (Phi) is 4.77. The van der Waals surface area contributed by atoms with E-state index in [0.29, 0.717) is 12.5 Å². The normalized spacial score (nSPS) is 12.8. The van der Waals surface area contributed by atoms with Gasteiger partial charge in [-0.3, -0.25) is 4.79 Å². The molecule has 0 amide bonds. The molecule has 3 heteroatoms. The zero-order valence-electron chi connectivity index (χ0n) is 5.69. The van der Waals surface area contributed by atoms with E-state index < -0.39 is 0 Å². The second-order valence-corrected chi connectivity index (χ2v) is 2.71. The largest absolute Gasteiger partial charge is 0.466 e. The van der Waals surface area contributed by atoms with Crippen LogP contribution in [-0.2, 0) is 9.53 Å². The molecular weight excluding hydrogens is 184 g/mol. The van der Waals surface area contributed by atoms with Gasteiger partial charge in [0.15, 0.2) is 0 Å². The fourth-order valence-corrected chi connectivity index (χ4v) is 0.491. The number of hydrogen-bond acceptors (Lipinski definition) is 2. The van der Waals surface area contributed by atoms with Gasteiger partial charge < -0.3 is 4.74 Å². The Morgan fingerprint density at radius 2 is 2.33 bits per heavy atom. The van der Waals surface area contributed by atoms with E-state index in [9.17, 15) is 4.79 Å². The smallest absolute Gasteiger partial charge is 0.302 e. The van der Waals surface area contributed by atoms with Crippen LogP contribution in [0.1, 0.15) is 13.8 Å². The summed E-state index contributed by atoms with van der Waals surface area (Å²) < 4.78 is 4.73. The number of hydrogen-bond donors (Lipinski definition) is 0. The van der Waals surface area contributed by atoms with Gasteiger partial charge in [-0.1, -0.05) is 22.9 Å². The maximum Gasteiger partial charge on any atom is 0.302 e. The molecule has 0 aromatic heterocycles. The molecule has 0 N–H and O–H groups in total. The first-order chi connectivity index (χ1) is 4.16. The fraction of sp³-hybridized carbons (Fsp3) is 0.833. The van der Waals surface area contributed by atoms with Crippen LogP contribution in [0.15, 0.2) is 0 Å². The molecule has 0 aliphatic carbocycles. The minimum absolute atomic E-state index is 0.206. The van der Waals surface area contributed by atoms with Crippen LogP contribution >= 0.6 is 15.9 Å². The summed E-state index contributed by atoms with van der Waals surface area (Å²) in [6, 6.07) is 0. The topological polar surface area (TPSA) is 26.3 Å². The van der Waals surface area contributed by atoms with Crippen molar-refractivity contribution in [2.75, 3.05) is 11.9 Å². The van der Waals surface area contributed by atoms with E-state index in [0.717, 1.165) is 5.33 Å². The maximum atomic E-state index is 10.2. The minimum atomic E-state index is -0.206. The molecule has 0 radical (unpaired) electrons. The Hall–Kier alpha value is -0.0500. The van der Waals surface area contributed by atoms with E-state index in [2.05, 4.69) is 15.9 Å². The Morgan fingerprint density at radius 3 is 2.67 bits per heavy atom. The van der Waals surface area contributed by atoms with Crippen molar-refractivity contribution >= 4 is 21.9 Å².